The number of halogens is 1. The zero-order chi connectivity index (χ0) is 19.3. The lowest BCUT2D eigenvalue weighted by Crippen LogP contribution is -2.36. The van der Waals surface area contributed by atoms with Crippen LogP contribution < -0.4 is 16.2 Å². The number of carbonyl (C=O) groups excluding carboxylic acids is 1. The van der Waals surface area contributed by atoms with Crippen LogP contribution in [0.5, 0.6) is 11.5 Å². The lowest BCUT2D eigenvalue weighted by atomic mass is 10.1. The maximum absolute atomic E-state index is 12.1. The maximum atomic E-state index is 12.1. The van der Waals surface area contributed by atoms with E-state index in [0.717, 1.165) is 5.56 Å². The Morgan fingerprint density at radius 2 is 1.58 bits per heavy atom. The Morgan fingerprint density at radius 1 is 1.00 bits per heavy atom. The number of esters is 1. The highest BCUT2D eigenvalue weighted by atomic mass is 35.5. The summed E-state index contributed by atoms with van der Waals surface area (Å²) in [7, 11) is 0. The van der Waals surface area contributed by atoms with Gasteiger partial charge in [-0.25, -0.2) is 4.79 Å². The van der Waals surface area contributed by atoms with E-state index < -0.39 is 24.0 Å². The van der Waals surface area contributed by atoms with Gasteiger partial charge in [0.05, 0.1) is 5.02 Å². The van der Waals surface area contributed by atoms with E-state index in [0.29, 0.717) is 5.56 Å². The number of rotatable bonds is 7. The molecule has 0 amide bonds. The average Bonchev–Trinajstić information content (AvgIpc) is 2.59. The fraction of sp³-hybridized carbons (Fsp3) is 0.222. The number of nitrogens with two attached hydrogens (primary N) is 2. The van der Waals surface area contributed by atoms with Gasteiger partial charge in [-0.05, 0) is 48.2 Å². The first kappa shape index (κ1) is 19.7. The van der Waals surface area contributed by atoms with Crippen molar-refractivity contribution >= 4 is 23.5 Å². The molecule has 138 valence electrons. The summed E-state index contributed by atoms with van der Waals surface area (Å²) in [4.78, 5) is 22.9. The van der Waals surface area contributed by atoms with Gasteiger partial charge in [0.1, 0.15) is 23.6 Å². The van der Waals surface area contributed by atoms with Crippen molar-refractivity contribution in [3.05, 3.63) is 58.6 Å². The number of carboxylic acid groups (broad SMARTS) is 1. The van der Waals surface area contributed by atoms with Crippen molar-refractivity contribution in [1.29, 1.82) is 0 Å². The number of aromatic hydroxyl groups is 1. The highest BCUT2D eigenvalue weighted by molar-refractivity contribution is 6.32. The van der Waals surface area contributed by atoms with Gasteiger partial charge in [-0.15, -0.1) is 0 Å². The molecule has 0 heterocycles. The summed E-state index contributed by atoms with van der Waals surface area (Å²) < 4.78 is 5.22. The molecule has 0 aromatic heterocycles. The van der Waals surface area contributed by atoms with Gasteiger partial charge < -0.3 is 26.4 Å². The third-order valence-corrected chi connectivity index (χ3v) is 3.97. The number of phenolic OH excluding ortho intramolecular Hbond substituents is 1. The maximum Gasteiger partial charge on any atom is 0.328 e. The van der Waals surface area contributed by atoms with Crippen LogP contribution in [-0.2, 0) is 22.4 Å². The second-order valence-corrected chi connectivity index (χ2v) is 6.22. The standard InChI is InChI=1S/C18H19ClN2O5/c19-13-7-11(9-14(20)17(23)24)3-6-16(13)26-18(25)15(21)8-10-1-4-12(22)5-2-10/h1-7,14-15,22H,8-9,20-21H2,(H,23,24)/t14-,15-/m0/s1. The highest BCUT2D eigenvalue weighted by Crippen LogP contribution is 2.26. The Labute approximate surface area is 155 Å². The SMILES string of the molecule is N[C@@H](Cc1ccc(OC(=O)[C@@H](N)Cc2ccc(O)cc2)c(Cl)c1)C(=O)O. The van der Waals surface area contributed by atoms with E-state index in [1.54, 1.807) is 18.2 Å². The van der Waals surface area contributed by atoms with Crippen molar-refractivity contribution in [3.8, 4) is 11.5 Å². The molecule has 2 atom stereocenters. The Morgan fingerprint density at radius 3 is 2.15 bits per heavy atom. The third kappa shape index (κ3) is 5.45. The van der Waals surface area contributed by atoms with Crippen LogP contribution in [0.4, 0.5) is 0 Å². The summed E-state index contributed by atoms with van der Waals surface area (Å²) in [6.45, 7) is 0. The van der Waals surface area contributed by atoms with Crippen LogP contribution in [0.1, 0.15) is 11.1 Å². The van der Waals surface area contributed by atoms with Crippen LogP contribution in [0.3, 0.4) is 0 Å². The van der Waals surface area contributed by atoms with Gasteiger partial charge in [0.15, 0.2) is 0 Å². The van der Waals surface area contributed by atoms with Crippen molar-refractivity contribution < 1.29 is 24.5 Å². The molecular formula is C18H19ClN2O5. The molecule has 0 bridgehead atoms. The summed E-state index contributed by atoms with van der Waals surface area (Å²) in [6.07, 6.45) is 0.339. The molecule has 2 rings (SSSR count). The zero-order valence-corrected chi connectivity index (χ0v) is 14.5. The summed E-state index contributed by atoms with van der Waals surface area (Å²) in [6, 6.07) is 8.94. The van der Waals surface area contributed by atoms with Gasteiger partial charge >= 0.3 is 11.9 Å². The molecule has 0 saturated heterocycles. The number of hydrogen-bond donors (Lipinski definition) is 4. The molecule has 0 fully saturated rings. The summed E-state index contributed by atoms with van der Waals surface area (Å²) in [5.41, 5.74) is 12.7. The van der Waals surface area contributed by atoms with Crippen LogP contribution in [0.15, 0.2) is 42.5 Å². The Balaban J connectivity index is 1.99. The van der Waals surface area contributed by atoms with Gasteiger partial charge in [-0.1, -0.05) is 29.8 Å². The lowest BCUT2D eigenvalue weighted by molar-refractivity contribution is -0.138. The first-order chi connectivity index (χ1) is 12.3. The zero-order valence-electron chi connectivity index (χ0n) is 13.8. The normalized spacial score (nSPS) is 13.0. The number of hydrogen-bond acceptors (Lipinski definition) is 6. The minimum atomic E-state index is -1.11. The van der Waals surface area contributed by atoms with Crippen LogP contribution in [0.2, 0.25) is 5.02 Å². The fourth-order valence-corrected chi connectivity index (χ4v) is 2.49. The minimum absolute atomic E-state index is 0.101. The van der Waals surface area contributed by atoms with Crippen molar-refractivity contribution in [2.24, 2.45) is 11.5 Å². The number of ether oxygens (including phenoxy) is 1. The Bertz CT molecular complexity index is 795. The summed E-state index contributed by atoms with van der Waals surface area (Å²) in [5, 5.41) is 18.2. The minimum Gasteiger partial charge on any atom is -0.508 e. The van der Waals surface area contributed by atoms with E-state index >= 15 is 0 Å². The number of aliphatic carboxylic acids is 1. The monoisotopic (exact) mass is 378 g/mol. The van der Waals surface area contributed by atoms with E-state index in [1.807, 2.05) is 0 Å². The summed E-state index contributed by atoms with van der Waals surface area (Å²) in [5.74, 6) is -1.52. The fourth-order valence-electron chi connectivity index (χ4n) is 2.25. The second kappa shape index (κ2) is 8.66. The molecule has 7 nitrogen and oxygen atoms in total. The van der Waals surface area contributed by atoms with Crippen molar-refractivity contribution in [2.75, 3.05) is 0 Å². The largest absolute Gasteiger partial charge is 0.508 e. The van der Waals surface area contributed by atoms with Gasteiger partial charge in [-0.2, -0.15) is 0 Å². The molecule has 0 aliphatic heterocycles. The van der Waals surface area contributed by atoms with E-state index in [1.165, 1.54) is 24.3 Å². The first-order valence-corrected chi connectivity index (χ1v) is 8.16. The first-order valence-electron chi connectivity index (χ1n) is 7.78. The van der Waals surface area contributed by atoms with Crippen molar-refractivity contribution in [3.63, 3.8) is 0 Å². The molecule has 0 aliphatic carbocycles. The Kier molecular flexibility index (Phi) is 6.57. The average molecular weight is 379 g/mol. The van der Waals surface area contributed by atoms with Gasteiger partial charge in [0, 0.05) is 0 Å². The molecule has 26 heavy (non-hydrogen) atoms. The van der Waals surface area contributed by atoms with Gasteiger partial charge in [0.25, 0.3) is 0 Å². The number of carbonyl (C=O) groups is 2. The van der Waals surface area contributed by atoms with E-state index in [-0.39, 0.29) is 29.4 Å². The predicted octanol–water partition coefficient (Wildman–Crippen LogP) is 1.48. The van der Waals surface area contributed by atoms with Crippen LogP contribution in [-0.4, -0.2) is 34.2 Å². The lowest BCUT2D eigenvalue weighted by Gasteiger charge is -2.13. The second-order valence-electron chi connectivity index (χ2n) is 5.81. The van der Waals surface area contributed by atoms with Crippen LogP contribution in [0, 0.1) is 0 Å². The molecular weight excluding hydrogens is 360 g/mol. The van der Waals surface area contributed by atoms with Crippen LogP contribution in [0.25, 0.3) is 0 Å². The number of carboxylic acids is 1. The molecule has 0 aliphatic rings. The Hall–Kier alpha value is -2.61. The number of phenols is 1. The van der Waals surface area contributed by atoms with Gasteiger partial charge in [0.2, 0.25) is 0 Å². The molecule has 8 heteroatoms. The third-order valence-electron chi connectivity index (χ3n) is 3.67. The van der Waals surface area contributed by atoms with Crippen molar-refractivity contribution in [1.82, 2.24) is 0 Å². The molecule has 0 spiro atoms. The van der Waals surface area contributed by atoms with Crippen LogP contribution >= 0.6 is 11.6 Å². The van der Waals surface area contributed by atoms with E-state index in [2.05, 4.69) is 0 Å². The molecule has 0 radical (unpaired) electrons. The topological polar surface area (TPSA) is 136 Å². The predicted molar refractivity (Wildman–Crippen MR) is 96.2 cm³/mol. The summed E-state index contributed by atoms with van der Waals surface area (Å²) >= 11 is 6.08. The molecule has 0 unspecified atom stereocenters. The number of benzene rings is 2. The highest BCUT2D eigenvalue weighted by Gasteiger charge is 2.19. The van der Waals surface area contributed by atoms with E-state index in [9.17, 15) is 14.7 Å². The van der Waals surface area contributed by atoms with Gasteiger partial charge in [-0.3, -0.25) is 4.79 Å². The quantitative estimate of drug-likeness (QED) is 0.423. The van der Waals surface area contributed by atoms with Crippen molar-refractivity contribution in [2.45, 2.75) is 24.9 Å². The molecule has 0 saturated carbocycles. The molecule has 2 aromatic carbocycles. The molecule has 2 aromatic rings. The van der Waals surface area contributed by atoms with E-state index in [4.69, 9.17) is 32.9 Å². The smallest absolute Gasteiger partial charge is 0.328 e. The molecule has 6 N–H and O–H groups in total.